The van der Waals surface area contributed by atoms with Crippen molar-refractivity contribution < 1.29 is 9.53 Å². The third-order valence-electron chi connectivity index (χ3n) is 4.30. The third kappa shape index (κ3) is 3.99. The summed E-state index contributed by atoms with van der Waals surface area (Å²) in [6.07, 6.45) is 7.80. The number of Topliss-reactive ketones (excluding diaryl/α,β-unsaturated/α-hetero) is 1. The van der Waals surface area contributed by atoms with Crippen LogP contribution in [-0.4, -0.2) is 16.9 Å². The number of benzene rings is 1. The highest BCUT2D eigenvalue weighted by Gasteiger charge is 2.16. The van der Waals surface area contributed by atoms with Crippen LogP contribution in [0.1, 0.15) is 60.8 Å². The van der Waals surface area contributed by atoms with Gasteiger partial charge in [0.2, 0.25) is 0 Å². The second-order valence-corrected chi connectivity index (χ2v) is 7.25. The van der Waals surface area contributed by atoms with Gasteiger partial charge in [0.15, 0.2) is 5.78 Å². The fraction of sp³-hybridized carbons (Fsp3) is 0.474. The average molecular weight is 329 g/mol. The van der Waals surface area contributed by atoms with Gasteiger partial charge in [-0.25, -0.2) is 4.98 Å². The Morgan fingerprint density at radius 2 is 1.96 bits per heavy atom. The summed E-state index contributed by atoms with van der Waals surface area (Å²) in [5, 5.41) is 0.888. The average Bonchev–Trinajstić information content (AvgIpc) is 2.75. The number of rotatable bonds is 4. The molecule has 0 bridgehead atoms. The number of ether oxygens (including phenoxy) is 1. The van der Waals surface area contributed by atoms with Crippen molar-refractivity contribution in [2.24, 2.45) is 0 Å². The van der Waals surface area contributed by atoms with E-state index in [2.05, 4.69) is 4.98 Å². The second-order valence-electron chi connectivity index (χ2n) is 6.25. The maximum absolute atomic E-state index is 11.6. The summed E-state index contributed by atoms with van der Waals surface area (Å²) < 4.78 is 6.19. The first kappa shape index (κ1) is 16.2. The number of ketones is 1. The molecule has 1 aliphatic rings. The minimum absolute atomic E-state index is 0.0807. The Kier molecular flexibility index (Phi) is 5.11. The fourth-order valence-electron chi connectivity index (χ4n) is 3.10. The molecule has 0 aliphatic heterocycles. The molecular formula is C19H23NO2S. The molecule has 23 heavy (non-hydrogen) atoms. The van der Waals surface area contributed by atoms with Crippen molar-refractivity contribution in [3.8, 4) is 16.3 Å². The van der Waals surface area contributed by atoms with E-state index in [1.807, 2.05) is 31.2 Å². The molecule has 3 nitrogen and oxygen atoms in total. The predicted molar refractivity (Wildman–Crippen MR) is 94.4 cm³/mol. The van der Waals surface area contributed by atoms with Gasteiger partial charge in [0.1, 0.15) is 10.8 Å². The molecule has 2 aromatic rings. The van der Waals surface area contributed by atoms with Crippen LogP contribution in [0, 0.1) is 6.92 Å². The van der Waals surface area contributed by atoms with Crippen LogP contribution in [0.4, 0.5) is 0 Å². The molecule has 1 saturated carbocycles. The van der Waals surface area contributed by atoms with Gasteiger partial charge in [-0.2, -0.15) is 0 Å². The number of thiazole rings is 1. The lowest BCUT2D eigenvalue weighted by Crippen LogP contribution is -2.14. The summed E-state index contributed by atoms with van der Waals surface area (Å²) in [6.45, 7) is 3.48. The molecular weight excluding hydrogens is 306 g/mol. The zero-order chi connectivity index (χ0) is 16.2. The lowest BCUT2D eigenvalue weighted by Gasteiger charge is -2.17. The zero-order valence-corrected chi connectivity index (χ0v) is 14.6. The molecule has 1 aliphatic carbocycles. The summed E-state index contributed by atoms with van der Waals surface area (Å²) in [6, 6.07) is 8.10. The van der Waals surface area contributed by atoms with E-state index in [1.54, 1.807) is 6.92 Å². The maximum Gasteiger partial charge on any atom is 0.171 e. The van der Waals surface area contributed by atoms with Crippen LogP contribution < -0.4 is 4.74 Å². The smallest absolute Gasteiger partial charge is 0.171 e. The quantitative estimate of drug-likeness (QED) is 0.555. The molecule has 1 aromatic carbocycles. The first-order valence-corrected chi connectivity index (χ1v) is 9.20. The molecule has 0 saturated heterocycles. The van der Waals surface area contributed by atoms with E-state index in [-0.39, 0.29) is 5.78 Å². The molecule has 122 valence electrons. The van der Waals surface area contributed by atoms with E-state index in [1.165, 1.54) is 37.0 Å². The Hall–Kier alpha value is -1.68. The molecule has 0 spiro atoms. The van der Waals surface area contributed by atoms with Crippen molar-refractivity contribution >= 4 is 17.1 Å². The van der Waals surface area contributed by atoms with E-state index in [0.29, 0.717) is 6.10 Å². The van der Waals surface area contributed by atoms with Crippen LogP contribution in [0.15, 0.2) is 24.3 Å². The van der Waals surface area contributed by atoms with Crippen molar-refractivity contribution in [3.63, 3.8) is 0 Å². The van der Waals surface area contributed by atoms with Gasteiger partial charge in [0.05, 0.1) is 16.7 Å². The molecule has 4 heteroatoms. The van der Waals surface area contributed by atoms with Crippen molar-refractivity contribution in [1.29, 1.82) is 0 Å². The predicted octanol–water partition coefficient (Wildman–Crippen LogP) is 5.42. The molecule has 0 atom stereocenters. The minimum atomic E-state index is 0.0807. The van der Waals surface area contributed by atoms with Gasteiger partial charge in [-0.15, -0.1) is 11.3 Å². The monoisotopic (exact) mass is 329 g/mol. The highest BCUT2D eigenvalue weighted by Crippen LogP contribution is 2.31. The second kappa shape index (κ2) is 7.26. The van der Waals surface area contributed by atoms with E-state index in [9.17, 15) is 4.79 Å². The Morgan fingerprint density at radius 3 is 2.61 bits per heavy atom. The molecule has 0 radical (unpaired) electrons. The Morgan fingerprint density at radius 1 is 1.22 bits per heavy atom. The number of hydrogen-bond donors (Lipinski definition) is 0. The van der Waals surface area contributed by atoms with Crippen LogP contribution in [0.3, 0.4) is 0 Å². The van der Waals surface area contributed by atoms with E-state index < -0.39 is 0 Å². The van der Waals surface area contributed by atoms with Crippen LogP contribution >= 0.6 is 11.3 Å². The summed E-state index contributed by atoms with van der Waals surface area (Å²) in [5.41, 5.74) is 1.84. The van der Waals surface area contributed by atoms with E-state index in [4.69, 9.17) is 4.74 Å². The van der Waals surface area contributed by atoms with Crippen LogP contribution in [0.25, 0.3) is 10.6 Å². The number of aromatic nitrogens is 1. The summed E-state index contributed by atoms with van der Waals surface area (Å²) in [5.74, 6) is 0.990. The number of hydrogen-bond acceptors (Lipinski definition) is 4. The van der Waals surface area contributed by atoms with Gasteiger partial charge >= 0.3 is 0 Å². The van der Waals surface area contributed by atoms with Crippen molar-refractivity contribution in [2.75, 3.05) is 0 Å². The molecule has 0 unspecified atom stereocenters. The van der Waals surface area contributed by atoms with Crippen LogP contribution in [0.2, 0.25) is 0 Å². The molecule has 1 aromatic heterocycles. The zero-order valence-electron chi connectivity index (χ0n) is 13.8. The van der Waals surface area contributed by atoms with Gasteiger partial charge in [-0.05, 0) is 44.7 Å². The molecule has 0 amide bonds. The highest BCUT2D eigenvalue weighted by atomic mass is 32.1. The topological polar surface area (TPSA) is 39.2 Å². The molecule has 1 fully saturated rings. The molecule has 3 rings (SSSR count). The van der Waals surface area contributed by atoms with Crippen molar-refractivity contribution in [3.05, 3.63) is 34.8 Å². The third-order valence-corrected chi connectivity index (χ3v) is 5.61. The van der Waals surface area contributed by atoms with E-state index >= 15 is 0 Å². The van der Waals surface area contributed by atoms with Crippen LogP contribution in [-0.2, 0) is 0 Å². The standard InChI is InChI=1S/C19H23NO2S/c1-13-18(14(2)21)23-19(20-13)15-8-7-11-17(12-15)22-16-9-5-3-4-6-10-16/h7-8,11-12,16H,3-6,9-10H2,1-2H3. The van der Waals surface area contributed by atoms with Gasteiger partial charge in [-0.3, -0.25) is 4.79 Å². The lowest BCUT2D eigenvalue weighted by atomic mass is 10.1. The normalized spacial score (nSPS) is 16.1. The Balaban J connectivity index is 1.79. The van der Waals surface area contributed by atoms with Crippen molar-refractivity contribution in [2.45, 2.75) is 58.5 Å². The van der Waals surface area contributed by atoms with Gasteiger partial charge < -0.3 is 4.74 Å². The van der Waals surface area contributed by atoms with Crippen LogP contribution in [0.5, 0.6) is 5.75 Å². The van der Waals surface area contributed by atoms with Gasteiger partial charge in [-0.1, -0.05) is 25.0 Å². The molecule has 1 heterocycles. The number of aryl methyl sites for hydroxylation is 1. The van der Waals surface area contributed by atoms with Gasteiger partial charge in [0, 0.05) is 12.5 Å². The minimum Gasteiger partial charge on any atom is -0.490 e. The lowest BCUT2D eigenvalue weighted by molar-refractivity contribution is 0.102. The number of nitrogens with zero attached hydrogens (tertiary/aromatic N) is 1. The summed E-state index contributed by atoms with van der Waals surface area (Å²) >= 11 is 1.46. The maximum atomic E-state index is 11.6. The first-order chi connectivity index (χ1) is 11.1. The van der Waals surface area contributed by atoms with Crippen molar-refractivity contribution in [1.82, 2.24) is 4.98 Å². The summed E-state index contributed by atoms with van der Waals surface area (Å²) in [4.78, 5) is 16.9. The fourth-order valence-corrected chi connectivity index (χ4v) is 4.06. The van der Waals surface area contributed by atoms with E-state index in [0.717, 1.165) is 39.7 Å². The Bertz CT molecular complexity index is 684. The highest BCUT2D eigenvalue weighted by molar-refractivity contribution is 7.17. The number of carbonyl (C=O) groups is 1. The van der Waals surface area contributed by atoms with Gasteiger partial charge in [0.25, 0.3) is 0 Å². The SMILES string of the molecule is CC(=O)c1sc(-c2cccc(OC3CCCCCC3)c2)nc1C. The molecule has 0 N–H and O–H groups in total. The largest absolute Gasteiger partial charge is 0.490 e. The first-order valence-electron chi connectivity index (χ1n) is 8.39. The number of carbonyl (C=O) groups excluding carboxylic acids is 1. The Labute approximate surface area is 141 Å². The summed E-state index contributed by atoms with van der Waals surface area (Å²) in [7, 11) is 0.